The number of carbonyl (C=O) groups is 1. The summed E-state index contributed by atoms with van der Waals surface area (Å²) in [6.07, 6.45) is 5.86. The third-order valence-corrected chi connectivity index (χ3v) is 5.44. The Balaban J connectivity index is 1.29. The summed E-state index contributed by atoms with van der Waals surface area (Å²) in [7, 11) is 0. The molecule has 5 rings (SSSR count). The Labute approximate surface area is 172 Å². The summed E-state index contributed by atoms with van der Waals surface area (Å²) >= 11 is 0. The highest BCUT2D eigenvalue weighted by Gasteiger charge is 2.31. The third kappa shape index (κ3) is 3.57. The highest BCUT2D eigenvalue weighted by atomic mass is 16.5. The van der Waals surface area contributed by atoms with E-state index in [2.05, 4.69) is 25.4 Å². The summed E-state index contributed by atoms with van der Waals surface area (Å²) < 4.78 is 10.9. The smallest absolute Gasteiger partial charge is 0.251 e. The number of pyridine rings is 1. The largest absolute Gasteiger partial charge is 0.379 e. The lowest BCUT2D eigenvalue weighted by molar-refractivity contribution is 0.0924. The average Bonchev–Trinajstić information content (AvgIpc) is 3.50. The standard InChI is InChI=1S/C22H21N5O3/c1-13-6-17(30-27-13)7-16-10-29-11-20(16)26-22(28)15-4-2-14(3-5-15)18-8-23-9-19-21(18)25-12-24-19/h2-6,8-9,12,16,20H,7,10-11H2,1H3,(H,24,25)(H,26,28)/t16-,20+/m1/s1. The highest BCUT2D eigenvalue weighted by molar-refractivity contribution is 5.96. The predicted octanol–water partition coefficient (Wildman–Crippen LogP) is 2.91. The average molecular weight is 403 g/mol. The van der Waals surface area contributed by atoms with Crippen molar-refractivity contribution in [2.75, 3.05) is 13.2 Å². The minimum atomic E-state index is -0.119. The van der Waals surface area contributed by atoms with Crippen LogP contribution >= 0.6 is 0 Å². The van der Waals surface area contributed by atoms with Gasteiger partial charge in [-0.15, -0.1) is 0 Å². The lowest BCUT2D eigenvalue weighted by atomic mass is 9.97. The zero-order valence-electron chi connectivity index (χ0n) is 16.5. The van der Waals surface area contributed by atoms with Gasteiger partial charge in [0.1, 0.15) is 5.76 Å². The van der Waals surface area contributed by atoms with Crippen LogP contribution in [0.3, 0.4) is 0 Å². The number of H-pyrrole nitrogens is 1. The maximum absolute atomic E-state index is 12.8. The number of aryl methyl sites for hydroxylation is 1. The normalized spacial score (nSPS) is 18.7. The molecule has 0 spiro atoms. The molecule has 2 atom stereocenters. The van der Waals surface area contributed by atoms with Gasteiger partial charge in [-0.1, -0.05) is 17.3 Å². The Kier molecular flexibility index (Phi) is 4.76. The van der Waals surface area contributed by atoms with Crippen LogP contribution in [0, 0.1) is 12.8 Å². The number of ether oxygens (including phenoxy) is 1. The SMILES string of the molecule is Cc1cc(C[C@@H]2COC[C@@H]2NC(=O)c2ccc(-c3cncc4[nH]cnc34)cc2)on1. The van der Waals surface area contributed by atoms with Crippen LogP contribution in [0.25, 0.3) is 22.2 Å². The molecule has 4 aromatic rings. The number of fused-ring (bicyclic) bond motifs is 1. The van der Waals surface area contributed by atoms with Crippen molar-refractivity contribution in [2.24, 2.45) is 5.92 Å². The second kappa shape index (κ2) is 7.72. The van der Waals surface area contributed by atoms with E-state index in [-0.39, 0.29) is 17.9 Å². The molecular formula is C22H21N5O3. The van der Waals surface area contributed by atoms with Crippen LogP contribution < -0.4 is 5.32 Å². The summed E-state index contributed by atoms with van der Waals surface area (Å²) in [5.41, 5.74) is 5.07. The fourth-order valence-corrected chi connectivity index (χ4v) is 3.86. The Hall–Kier alpha value is -3.52. The van der Waals surface area contributed by atoms with Gasteiger partial charge in [-0.2, -0.15) is 0 Å². The van der Waals surface area contributed by atoms with Gasteiger partial charge < -0.3 is 19.6 Å². The molecule has 1 amide bonds. The first-order valence-electron chi connectivity index (χ1n) is 9.86. The van der Waals surface area contributed by atoms with Crippen LogP contribution in [-0.2, 0) is 11.2 Å². The highest BCUT2D eigenvalue weighted by Crippen LogP contribution is 2.26. The summed E-state index contributed by atoms with van der Waals surface area (Å²) in [6, 6.07) is 9.33. The lowest BCUT2D eigenvalue weighted by Gasteiger charge is -2.18. The van der Waals surface area contributed by atoms with Crippen LogP contribution in [0.4, 0.5) is 0 Å². The molecule has 8 heteroatoms. The number of amides is 1. The molecule has 1 saturated heterocycles. The van der Waals surface area contributed by atoms with E-state index in [9.17, 15) is 4.79 Å². The van der Waals surface area contributed by atoms with Crippen molar-refractivity contribution in [3.05, 3.63) is 66.1 Å². The summed E-state index contributed by atoms with van der Waals surface area (Å²) in [5.74, 6) is 0.851. The minimum Gasteiger partial charge on any atom is -0.379 e. The van der Waals surface area contributed by atoms with Crippen LogP contribution in [0.2, 0.25) is 0 Å². The van der Waals surface area contributed by atoms with Crippen molar-refractivity contribution in [3.63, 3.8) is 0 Å². The van der Waals surface area contributed by atoms with E-state index < -0.39 is 0 Å². The molecule has 1 aliphatic heterocycles. The van der Waals surface area contributed by atoms with Gasteiger partial charge in [0, 0.05) is 35.7 Å². The third-order valence-electron chi connectivity index (χ3n) is 5.44. The van der Waals surface area contributed by atoms with Gasteiger partial charge >= 0.3 is 0 Å². The topological polar surface area (TPSA) is 106 Å². The number of rotatable bonds is 5. The first-order chi connectivity index (χ1) is 14.7. The molecule has 30 heavy (non-hydrogen) atoms. The second-order valence-corrected chi connectivity index (χ2v) is 7.58. The number of hydrogen-bond donors (Lipinski definition) is 2. The molecule has 1 aromatic carbocycles. The molecule has 152 valence electrons. The number of aromatic nitrogens is 4. The van der Waals surface area contributed by atoms with Crippen molar-refractivity contribution in [1.29, 1.82) is 0 Å². The van der Waals surface area contributed by atoms with E-state index in [1.165, 1.54) is 0 Å². The molecule has 4 heterocycles. The first-order valence-corrected chi connectivity index (χ1v) is 9.86. The van der Waals surface area contributed by atoms with Crippen LogP contribution in [0.1, 0.15) is 21.8 Å². The van der Waals surface area contributed by atoms with Crippen LogP contribution in [0.15, 0.2) is 53.6 Å². The number of nitrogens with one attached hydrogen (secondary N) is 2. The molecule has 0 saturated carbocycles. The predicted molar refractivity (Wildman–Crippen MR) is 110 cm³/mol. The van der Waals surface area contributed by atoms with Gasteiger partial charge in [-0.05, 0) is 24.6 Å². The van der Waals surface area contributed by atoms with E-state index in [4.69, 9.17) is 9.26 Å². The molecule has 3 aromatic heterocycles. The molecule has 2 N–H and O–H groups in total. The summed E-state index contributed by atoms with van der Waals surface area (Å²) in [4.78, 5) is 24.5. The molecule has 1 fully saturated rings. The fraction of sp³-hybridized carbons (Fsp3) is 0.273. The molecule has 0 aliphatic carbocycles. The molecule has 0 radical (unpaired) electrons. The number of benzene rings is 1. The van der Waals surface area contributed by atoms with E-state index >= 15 is 0 Å². The molecule has 0 unspecified atom stereocenters. The van der Waals surface area contributed by atoms with Crippen molar-refractivity contribution < 1.29 is 14.1 Å². The van der Waals surface area contributed by atoms with Crippen LogP contribution in [0.5, 0.6) is 0 Å². The van der Waals surface area contributed by atoms with E-state index in [1.54, 1.807) is 18.7 Å². The lowest BCUT2D eigenvalue weighted by Crippen LogP contribution is -2.40. The Morgan fingerprint density at radius 2 is 2.10 bits per heavy atom. The van der Waals surface area contributed by atoms with Gasteiger partial charge in [0.2, 0.25) is 0 Å². The van der Waals surface area contributed by atoms with Gasteiger partial charge in [-0.3, -0.25) is 9.78 Å². The Bertz CT molecular complexity index is 1180. The number of aromatic amines is 1. The number of hydrogen-bond acceptors (Lipinski definition) is 6. The molecule has 8 nitrogen and oxygen atoms in total. The Morgan fingerprint density at radius 1 is 1.23 bits per heavy atom. The van der Waals surface area contributed by atoms with Crippen molar-refractivity contribution in [3.8, 4) is 11.1 Å². The van der Waals surface area contributed by atoms with Crippen molar-refractivity contribution in [2.45, 2.75) is 19.4 Å². The molecular weight excluding hydrogens is 382 g/mol. The summed E-state index contributed by atoms with van der Waals surface area (Å²) in [6.45, 7) is 2.97. The van der Waals surface area contributed by atoms with Gasteiger partial charge in [-0.25, -0.2) is 4.98 Å². The monoisotopic (exact) mass is 403 g/mol. The first kappa shape index (κ1) is 18.5. The van der Waals surface area contributed by atoms with Gasteiger partial charge in [0.05, 0.1) is 48.5 Å². The van der Waals surface area contributed by atoms with E-state index in [0.29, 0.717) is 25.2 Å². The minimum absolute atomic E-state index is 0.0652. The number of carbonyl (C=O) groups excluding carboxylic acids is 1. The van der Waals surface area contributed by atoms with E-state index in [0.717, 1.165) is 33.6 Å². The van der Waals surface area contributed by atoms with Gasteiger partial charge in [0.25, 0.3) is 5.91 Å². The number of imidazole rings is 1. The zero-order valence-corrected chi connectivity index (χ0v) is 16.5. The number of nitrogens with zero attached hydrogens (tertiary/aromatic N) is 3. The molecule has 1 aliphatic rings. The van der Waals surface area contributed by atoms with Crippen molar-refractivity contribution in [1.82, 2.24) is 25.4 Å². The van der Waals surface area contributed by atoms with E-state index in [1.807, 2.05) is 37.3 Å². The van der Waals surface area contributed by atoms with Crippen molar-refractivity contribution >= 4 is 16.9 Å². The molecule has 0 bridgehead atoms. The second-order valence-electron chi connectivity index (χ2n) is 7.58. The maximum atomic E-state index is 12.8. The zero-order chi connectivity index (χ0) is 20.5. The maximum Gasteiger partial charge on any atom is 0.251 e. The quantitative estimate of drug-likeness (QED) is 0.531. The Morgan fingerprint density at radius 3 is 2.90 bits per heavy atom. The summed E-state index contributed by atoms with van der Waals surface area (Å²) in [5, 5.41) is 7.03. The fourth-order valence-electron chi connectivity index (χ4n) is 3.86. The van der Waals surface area contributed by atoms with Gasteiger partial charge in [0.15, 0.2) is 0 Å². The van der Waals surface area contributed by atoms with Crippen LogP contribution in [-0.4, -0.2) is 45.3 Å².